The van der Waals surface area contributed by atoms with Gasteiger partial charge in [0.2, 0.25) is 11.9 Å². The normalized spacial score (nSPS) is 20.4. The molecule has 3 aromatic rings. The summed E-state index contributed by atoms with van der Waals surface area (Å²) in [5.41, 5.74) is 1.75. The van der Waals surface area contributed by atoms with Gasteiger partial charge in [-0.1, -0.05) is 6.07 Å². The van der Waals surface area contributed by atoms with E-state index in [2.05, 4.69) is 4.90 Å². The Morgan fingerprint density at radius 2 is 2.00 bits per heavy atom. The fourth-order valence-corrected chi connectivity index (χ4v) is 5.91. The molecule has 1 amide bonds. The van der Waals surface area contributed by atoms with Crippen molar-refractivity contribution in [2.45, 2.75) is 44.8 Å². The molecule has 0 spiro atoms. The highest BCUT2D eigenvalue weighted by Crippen LogP contribution is 2.34. The van der Waals surface area contributed by atoms with Crippen LogP contribution in [0.3, 0.4) is 0 Å². The van der Waals surface area contributed by atoms with Gasteiger partial charge in [-0.2, -0.15) is 0 Å². The maximum Gasteiger partial charge on any atom is 0.245 e. The monoisotopic (exact) mass is 466 g/mol. The third kappa shape index (κ3) is 4.29. The number of carbonyl (C=O) groups excluding carboxylic acids is 1. The minimum atomic E-state index is -0.433. The number of nitrogens with zero attached hydrogens (tertiary/aromatic N) is 4. The molecule has 2 aliphatic rings. The van der Waals surface area contributed by atoms with Crippen molar-refractivity contribution in [3.05, 3.63) is 46.3 Å². The van der Waals surface area contributed by atoms with Gasteiger partial charge >= 0.3 is 0 Å². The zero-order valence-electron chi connectivity index (χ0n) is 19.1. The van der Waals surface area contributed by atoms with Gasteiger partial charge in [-0.05, 0) is 68.2 Å². The average Bonchev–Trinajstić information content (AvgIpc) is 3.56. The van der Waals surface area contributed by atoms with Gasteiger partial charge in [-0.25, -0.2) is 9.97 Å². The number of thiophene rings is 1. The number of aryl methyl sites for hydroxylation is 1. The summed E-state index contributed by atoms with van der Waals surface area (Å²) >= 11 is 1.60. The number of carbonyl (C=O) groups is 1. The van der Waals surface area contributed by atoms with Crippen LogP contribution >= 0.6 is 11.3 Å². The van der Waals surface area contributed by atoms with Crippen LogP contribution in [0.1, 0.15) is 42.4 Å². The van der Waals surface area contributed by atoms with Crippen LogP contribution < -0.4 is 9.64 Å². The van der Waals surface area contributed by atoms with Gasteiger partial charge in [0.25, 0.3) is 0 Å². The fraction of sp³-hybridized carbons (Fsp3) is 0.480. The molecule has 1 aromatic carbocycles. The van der Waals surface area contributed by atoms with Gasteiger partial charge in [0.1, 0.15) is 11.8 Å². The van der Waals surface area contributed by atoms with Crippen molar-refractivity contribution in [1.29, 1.82) is 0 Å². The molecule has 4 heterocycles. The zero-order chi connectivity index (χ0) is 22.9. The van der Waals surface area contributed by atoms with Crippen LogP contribution in [0, 0.1) is 12.8 Å². The third-order valence-corrected chi connectivity index (χ3v) is 7.95. The van der Waals surface area contributed by atoms with Crippen molar-refractivity contribution < 1.29 is 14.6 Å². The number of hydrogen-bond donors (Lipinski definition) is 1. The van der Waals surface area contributed by atoms with E-state index in [1.807, 2.05) is 47.5 Å². The van der Waals surface area contributed by atoms with Gasteiger partial charge < -0.3 is 19.6 Å². The molecule has 0 aliphatic carbocycles. The van der Waals surface area contributed by atoms with Crippen molar-refractivity contribution in [2.24, 2.45) is 5.92 Å². The minimum absolute atomic E-state index is 0.160. The van der Waals surface area contributed by atoms with E-state index in [4.69, 9.17) is 14.7 Å². The van der Waals surface area contributed by atoms with E-state index in [0.717, 1.165) is 59.5 Å². The fourth-order valence-electron chi connectivity index (χ4n) is 5.10. The summed E-state index contributed by atoms with van der Waals surface area (Å²) in [6.07, 6.45) is 2.99. The molecule has 2 saturated heterocycles. The van der Waals surface area contributed by atoms with Crippen molar-refractivity contribution in [2.75, 3.05) is 31.6 Å². The summed E-state index contributed by atoms with van der Waals surface area (Å²) in [6, 6.07) is 9.55. The van der Waals surface area contributed by atoms with E-state index in [9.17, 15) is 9.90 Å². The number of fused-ring (bicyclic) bond motifs is 1. The van der Waals surface area contributed by atoms with Gasteiger partial charge in [0.05, 0.1) is 24.4 Å². The molecular weight excluding hydrogens is 436 g/mol. The predicted octanol–water partition coefficient (Wildman–Crippen LogP) is 3.95. The number of likely N-dealkylation sites (tertiary alicyclic amines) is 1. The first-order chi connectivity index (χ1) is 16.0. The van der Waals surface area contributed by atoms with Crippen LogP contribution in [0.25, 0.3) is 10.9 Å². The number of amides is 1. The second kappa shape index (κ2) is 9.27. The number of piperidine rings is 1. The summed E-state index contributed by atoms with van der Waals surface area (Å²) in [6.45, 7) is 4.13. The Bertz CT molecular complexity index is 1130. The van der Waals surface area contributed by atoms with Crippen LogP contribution in [0.15, 0.2) is 35.7 Å². The van der Waals surface area contributed by atoms with Gasteiger partial charge in [0, 0.05) is 29.9 Å². The van der Waals surface area contributed by atoms with Crippen molar-refractivity contribution in [3.63, 3.8) is 0 Å². The Morgan fingerprint density at radius 1 is 1.18 bits per heavy atom. The van der Waals surface area contributed by atoms with Crippen LogP contribution in [0.2, 0.25) is 0 Å². The molecule has 1 N–H and O–H groups in total. The summed E-state index contributed by atoms with van der Waals surface area (Å²) in [5.74, 6) is 1.77. The molecule has 7 nitrogen and oxygen atoms in total. The predicted molar refractivity (Wildman–Crippen MR) is 130 cm³/mol. The van der Waals surface area contributed by atoms with Crippen molar-refractivity contribution >= 4 is 34.1 Å². The molecule has 0 radical (unpaired) electrons. The third-order valence-electron chi connectivity index (χ3n) is 7.01. The molecule has 2 aliphatic heterocycles. The van der Waals surface area contributed by atoms with Crippen LogP contribution in [0.5, 0.6) is 5.75 Å². The molecule has 2 aromatic heterocycles. The number of ether oxygens (including phenoxy) is 1. The Kier molecular flexibility index (Phi) is 6.21. The summed E-state index contributed by atoms with van der Waals surface area (Å²) in [5, 5.41) is 13.6. The number of methoxy groups -OCH3 is 1. The molecule has 0 bridgehead atoms. The van der Waals surface area contributed by atoms with E-state index < -0.39 is 6.10 Å². The first-order valence-electron chi connectivity index (χ1n) is 11.6. The van der Waals surface area contributed by atoms with E-state index in [1.165, 1.54) is 0 Å². The van der Waals surface area contributed by atoms with Gasteiger partial charge in [0.15, 0.2) is 0 Å². The minimum Gasteiger partial charge on any atom is -0.497 e. The highest BCUT2D eigenvalue weighted by molar-refractivity contribution is 7.10. The van der Waals surface area contributed by atoms with Crippen LogP contribution in [0.4, 0.5) is 5.95 Å². The van der Waals surface area contributed by atoms with Crippen LogP contribution in [-0.4, -0.2) is 58.7 Å². The molecule has 2 atom stereocenters. The molecule has 0 unspecified atom stereocenters. The number of anilines is 1. The largest absolute Gasteiger partial charge is 0.497 e. The lowest BCUT2D eigenvalue weighted by Gasteiger charge is -2.36. The summed E-state index contributed by atoms with van der Waals surface area (Å²) in [4.78, 5) is 28.1. The molecule has 174 valence electrons. The van der Waals surface area contributed by atoms with Gasteiger partial charge in [-0.3, -0.25) is 4.79 Å². The van der Waals surface area contributed by atoms with Crippen molar-refractivity contribution in [3.8, 4) is 5.75 Å². The maximum absolute atomic E-state index is 13.5. The van der Waals surface area contributed by atoms with Gasteiger partial charge in [-0.15, -0.1) is 11.3 Å². The number of benzene rings is 1. The second-order valence-corrected chi connectivity index (χ2v) is 9.95. The Morgan fingerprint density at radius 3 is 2.73 bits per heavy atom. The van der Waals surface area contributed by atoms with E-state index in [1.54, 1.807) is 18.4 Å². The Labute approximate surface area is 198 Å². The number of rotatable bonds is 5. The maximum atomic E-state index is 13.5. The lowest BCUT2D eigenvalue weighted by Crippen LogP contribution is -2.49. The standard InChI is InChI=1S/C25H30N4O3S/c1-16-19-15-18(32-2)7-8-20(19)27-25(26-16)29-11-3-5-21(29)24(31)28-12-9-17(10-13-28)23(30)22-6-4-14-33-22/h4,6-8,14-15,17,21,23,30H,3,5,9-13H2,1-2H3/t21-,23-/m1/s1. The Hall–Kier alpha value is -2.71. The van der Waals surface area contributed by atoms with E-state index in [0.29, 0.717) is 19.0 Å². The molecule has 2 fully saturated rings. The van der Waals surface area contributed by atoms with E-state index in [-0.39, 0.29) is 17.9 Å². The number of aliphatic hydroxyl groups excluding tert-OH is 1. The number of aromatic nitrogens is 2. The first-order valence-corrected chi connectivity index (χ1v) is 12.5. The highest BCUT2D eigenvalue weighted by atomic mass is 32.1. The van der Waals surface area contributed by atoms with Crippen LogP contribution in [-0.2, 0) is 4.79 Å². The summed E-state index contributed by atoms with van der Waals surface area (Å²) in [7, 11) is 1.65. The lowest BCUT2D eigenvalue weighted by atomic mass is 9.90. The Balaban J connectivity index is 1.29. The molecule has 8 heteroatoms. The smallest absolute Gasteiger partial charge is 0.245 e. The number of aliphatic hydroxyl groups is 1. The highest BCUT2D eigenvalue weighted by Gasteiger charge is 2.37. The van der Waals surface area contributed by atoms with Crippen molar-refractivity contribution in [1.82, 2.24) is 14.9 Å². The lowest BCUT2D eigenvalue weighted by molar-refractivity contribution is -0.134. The molecule has 33 heavy (non-hydrogen) atoms. The quantitative estimate of drug-likeness (QED) is 0.614. The topological polar surface area (TPSA) is 78.8 Å². The SMILES string of the molecule is COc1ccc2nc(N3CCC[C@@H]3C(=O)N3CCC([C@@H](O)c4cccs4)CC3)nc(C)c2c1. The molecule has 5 rings (SSSR count). The second-order valence-electron chi connectivity index (χ2n) is 8.97. The average molecular weight is 467 g/mol. The zero-order valence-corrected chi connectivity index (χ0v) is 19.9. The van der Waals surface area contributed by atoms with E-state index >= 15 is 0 Å². The number of hydrogen-bond acceptors (Lipinski definition) is 7. The first kappa shape index (κ1) is 22.1. The molecule has 0 saturated carbocycles. The molecular formula is C25H30N4O3S. The summed E-state index contributed by atoms with van der Waals surface area (Å²) < 4.78 is 5.33.